The van der Waals surface area contributed by atoms with Gasteiger partial charge < -0.3 is 0 Å². The molecule has 158 valence electrons. The third-order valence-corrected chi connectivity index (χ3v) is 8.75. The van der Waals surface area contributed by atoms with Crippen LogP contribution in [0.15, 0.2) is 29.2 Å². The average Bonchev–Trinajstić information content (AvgIpc) is 2.65. The number of hydrogen-bond donors (Lipinski definition) is 2. The Labute approximate surface area is 172 Å². The Balaban J connectivity index is 1.33. The Bertz CT molecular complexity index is 875. The fraction of sp³-hybridized carbons (Fsp3) is 0.619. The zero-order valence-corrected chi connectivity index (χ0v) is 17.8. The number of carbonyl (C=O) groups excluding carboxylic acids is 2. The maximum absolute atomic E-state index is 12.9. The number of hydrogen-bond acceptors (Lipinski definition) is 4. The van der Waals surface area contributed by atoms with Crippen LogP contribution in [0.4, 0.5) is 0 Å². The molecule has 0 unspecified atom stereocenters. The summed E-state index contributed by atoms with van der Waals surface area (Å²) < 4.78 is 26.2. The number of nitrogens with one attached hydrogen (secondary N) is 2. The molecule has 4 fully saturated rings. The maximum Gasteiger partial charge on any atom is 0.253 e. The molecule has 1 aromatic carbocycles. The van der Waals surface area contributed by atoms with Crippen molar-refractivity contribution in [2.24, 2.45) is 23.2 Å². The first-order valence-electron chi connectivity index (χ1n) is 10.3. The van der Waals surface area contributed by atoms with Crippen LogP contribution in [-0.2, 0) is 19.6 Å². The number of benzene rings is 1. The lowest BCUT2D eigenvalue weighted by Gasteiger charge is -2.55. The van der Waals surface area contributed by atoms with Gasteiger partial charge in [0.25, 0.3) is 5.91 Å². The lowest BCUT2D eigenvalue weighted by molar-refractivity contribution is -0.148. The van der Waals surface area contributed by atoms with E-state index >= 15 is 0 Å². The van der Waals surface area contributed by atoms with Gasteiger partial charge in [0.1, 0.15) is 0 Å². The van der Waals surface area contributed by atoms with E-state index in [1.165, 1.54) is 38.4 Å². The molecule has 0 aliphatic heterocycles. The van der Waals surface area contributed by atoms with Crippen LogP contribution >= 0.6 is 0 Å². The number of hydrazine groups is 1. The molecule has 4 aliphatic rings. The highest BCUT2D eigenvalue weighted by Gasteiger charge is 2.54. The number of aryl methyl sites for hydroxylation is 1. The van der Waals surface area contributed by atoms with E-state index in [0.29, 0.717) is 17.8 Å². The number of amides is 2. The van der Waals surface area contributed by atoms with Gasteiger partial charge in [-0.25, -0.2) is 8.42 Å². The molecule has 4 aliphatic carbocycles. The molecule has 8 heteroatoms. The predicted molar refractivity (Wildman–Crippen MR) is 108 cm³/mol. The lowest BCUT2D eigenvalue weighted by atomic mass is 9.49. The molecule has 2 amide bonds. The molecule has 0 spiro atoms. The van der Waals surface area contributed by atoms with Crippen LogP contribution in [0.1, 0.15) is 44.1 Å². The Morgan fingerprint density at radius 3 is 2.03 bits per heavy atom. The van der Waals surface area contributed by atoms with E-state index in [1.54, 1.807) is 12.1 Å². The molecule has 29 heavy (non-hydrogen) atoms. The Hall–Kier alpha value is -1.93. The number of nitrogens with zero attached hydrogens (tertiary/aromatic N) is 1. The first-order chi connectivity index (χ1) is 13.7. The van der Waals surface area contributed by atoms with Gasteiger partial charge in [-0.05, 0) is 75.3 Å². The Morgan fingerprint density at radius 1 is 1.00 bits per heavy atom. The minimum absolute atomic E-state index is 0.117. The number of rotatable bonds is 5. The summed E-state index contributed by atoms with van der Waals surface area (Å²) in [7, 11) is -2.41. The van der Waals surface area contributed by atoms with E-state index in [4.69, 9.17) is 0 Å². The highest BCUT2D eigenvalue weighted by Crippen LogP contribution is 2.60. The summed E-state index contributed by atoms with van der Waals surface area (Å²) in [5.74, 6) is 1.23. The van der Waals surface area contributed by atoms with Gasteiger partial charge in [-0.3, -0.25) is 20.4 Å². The van der Waals surface area contributed by atoms with Gasteiger partial charge in [-0.2, -0.15) is 4.31 Å². The smallest absolute Gasteiger partial charge is 0.253 e. The highest BCUT2D eigenvalue weighted by molar-refractivity contribution is 7.89. The van der Waals surface area contributed by atoms with E-state index in [-0.39, 0.29) is 22.8 Å². The summed E-state index contributed by atoms with van der Waals surface area (Å²) in [5, 5.41) is 0. The molecule has 0 saturated heterocycles. The molecule has 0 heterocycles. The van der Waals surface area contributed by atoms with Crippen molar-refractivity contribution in [3.8, 4) is 0 Å². The van der Waals surface area contributed by atoms with Crippen LogP contribution in [0, 0.1) is 30.1 Å². The second-order valence-electron chi connectivity index (χ2n) is 9.27. The van der Waals surface area contributed by atoms with Crippen molar-refractivity contribution < 1.29 is 18.0 Å². The first-order valence-corrected chi connectivity index (χ1v) is 11.7. The standard InChI is InChI=1S/C21H29N3O4S/c1-14-3-5-18(6-4-14)29(27,28)24(2)13-19(25)22-23-20(26)21-10-15-7-16(11-21)9-17(8-15)12-21/h3-6,15-17H,7-13H2,1-2H3,(H,22,25)(H,23,26). The third-order valence-electron chi connectivity index (χ3n) is 6.93. The van der Waals surface area contributed by atoms with Gasteiger partial charge in [0, 0.05) is 7.05 Å². The normalized spacial score (nSPS) is 30.4. The summed E-state index contributed by atoms with van der Waals surface area (Å²) in [5.41, 5.74) is 5.61. The SMILES string of the molecule is Cc1ccc(S(=O)(=O)N(C)CC(=O)NNC(=O)C23CC4CC(CC(C4)C2)C3)cc1. The molecular formula is C21H29N3O4S. The highest BCUT2D eigenvalue weighted by atomic mass is 32.2. The first kappa shape index (κ1) is 20.3. The fourth-order valence-corrected chi connectivity index (χ4v) is 6.99. The molecule has 2 N–H and O–H groups in total. The van der Waals surface area contributed by atoms with Crippen LogP contribution in [0.3, 0.4) is 0 Å². The van der Waals surface area contributed by atoms with E-state index in [0.717, 1.165) is 29.1 Å². The van der Waals surface area contributed by atoms with Crippen molar-refractivity contribution in [2.75, 3.05) is 13.6 Å². The monoisotopic (exact) mass is 419 g/mol. The van der Waals surface area contributed by atoms with Crippen LogP contribution in [0.25, 0.3) is 0 Å². The molecule has 4 bridgehead atoms. The van der Waals surface area contributed by atoms with Gasteiger partial charge >= 0.3 is 0 Å². The second kappa shape index (κ2) is 7.40. The summed E-state index contributed by atoms with van der Waals surface area (Å²) in [6, 6.07) is 6.47. The van der Waals surface area contributed by atoms with Crippen molar-refractivity contribution in [3.05, 3.63) is 29.8 Å². The van der Waals surface area contributed by atoms with Gasteiger partial charge in [0.05, 0.1) is 16.9 Å². The molecular weight excluding hydrogens is 390 g/mol. The molecule has 1 aromatic rings. The van der Waals surface area contributed by atoms with Crippen molar-refractivity contribution in [1.82, 2.24) is 15.2 Å². The quantitative estimate of drug-likeness (QED) is 0.714. The van der Waals surface area contributed by atoms with Gasteiger partial charge in [0.2, 0.25) is 15.9 Å². The summed E-state index contributed by atoms with van der Waals surface area (Å²) in [4.78, 5) is 25.3. The number of carbonyl (C=O) groups is 2. The Morgan fingerprint density at radius 2 is 1.52 bits per heavy atom. The van der Waals surface area contributed by atoms with Crippen LogP contribution in [0.5, 0.6) is 0 Å². The Kier molecular flexibility index (Phi) is 5.19. The number of sulfonamides is 1. The van der Waals surface area contributed by atoms with E-state index in [1.807, 2.05) is 6.92 Å². The summed E-state index contributed by atoms with van der Waals surface area (Å²) >= 11 is 0. The van der Waals surface area contributed by atoms with Crippen LogP contribution < -0.4 is 10.9 Å². The molecule has 7 nitrogen and oxygen atoms in total. The van der Waals surface area contributed by atoms with Crippen LogP contribution in [0.2, 0.25) is 0 Å². The topological polar surface area (TPSA) is 95.6 Å². The summed E-state index contributed by atoms with van der Waals surface area (Å²) in [6.45, 7) is 1.51. The minimum Gasteiger partial charge on any atom is -0.273 e. The van der Waals surface area contributed by atoms with E-state index in [2.05, 4.69) is 10.9 Å². The van der Waals surface area contributed by atoms with Gasteiger partial charge in [-0.15, -0.1) is 0 Å². The maximum atomic E-state index is 12.9. The largest absolute Gasteiger partial charge is 0.273 e. The fourth-order valence-electron chi connectivity index (χ4n) is 5.86. The number of likely N-dealkylation sites (N-methyl/N-ethyl adjacent to an activating group) is 1. The van der Waals surface area contributed by atoms with Gasteiger partial charge in [-0.1, -0.05) is 17.7 Å². The third kappa shape index (κ3) is 3.92. The minimum atomic E-state index is -3.77. The zero-order chi connectivity index (χ0) is 20.8. The van der Waals surface area contributed by atoms with Crippen molar-refractivity contribution in [1.29, 1.82) is 0 Å². The molecule has 5 rings (SSSR count). The van der Waals surface area contributed by atoms with Crippen molar-refractivity contribution in [2.45, 2.75) is 50.3 Å². The van der Waals surface area contributed by atoms with E-state index < -0.39 is 15.9 Å². The van der Waals surface area contributed by atoms with Gasteiger partial charge in [0.15, 0.2) is 0 Å². The van der Waals surface area contributed by atoms with Crippen molar-refractivity contribution in [3.63, 3.8) is 0 Å². The predicted octanol–water partition coefficient (Wildman–Crippen LogP) is 1.98. The zero-order valence-electron chi connectivity index (χ0n) is 17.0. The van der Waals surface area contributed by atoms with Crippen molar-refractivity contribution >= 4 is 21.8 Å². The molecule has 0 aromatic heterocycles. The van der Waals surface area contributed by atoms with Crippen LogP contribution in [-0.4, -0.2) is 38.1 Å². The lowest BCUT2D eigenvalue weighted by Crippen LogP contribution is -2.57. The van der Waals surface area contributed by atoms with E-state index in [9.17, 15) is 18.0 Å². The second-order valence-corrected chi connectivity index (χ2v) is 11.3. The molecule has 0 atom stereocenters. The molecule has 4 saturated carbocycles. The summed E-state index contributed by atoms with van der Waals surface area (Å²) in [6.07, 6.45) is 6.43. The average molecular weight is 420 g/mol. The molecule has 0 radical (unpaired) electrons.